The number of hydrogen-bond acceptors (Lipinski definition) is 22. The van der Waals surface area contributed by atoms with E-state index in [2.05, 4.69) is 95.8 Å². The number of pyridine rings is 5. The van der Waals surface area contributed by atoms with Gasteiger partial charge in [-0.1, -0.05) is 45.9 Å². The maximum atomic E-state index is 13.3. The van der Waals surface area contributed by atoms with Gasteiger partial charge in [-0.15, -0.1) is 4.98 Å². The number of anilines is 6. The Bertz CT molecular complexity index is 7140. The molecule has 14 aliphatic rings. The molecule has 780 valence electrons. The maximum Gasteiger partial charge on any atom is 0.414 e. The highest BCUT2D eigenvalue weighted by Crippen LogP contribution is 2.63. The van der Waals surface area contributed by atoms with E-state index in [4.69, 9.17) is 69.7 Å². The second kappa shape index (κ2) is 40.4. The zero-order chi connectivity index (χ0) is 107. The van der Waals surface area contributed by atoms with E-state index >= 15 is 0 Å². The summed E-state index contributed by atoms with van der Waals surface area (Å²) in [5.74, 6) is 7.02. The summed E-state index contributed by atoms with van der Waals surface area (Å²) in [5.41, 5.74) is 18.3. The number of hydrogen-bond donors (Lipinski definition) is 5. The summed E-state index contributed by atoms with van der Waals surface area (Å²) >= 11 is 10.6. The van der Waals surface area contributed by atoms with E-state index < -0.39 is 38.7 Å². The first-order chi connectivity index (χ1) is 71.1. The summed E-state index contributed by atoms with van der Waals surface area (Å²) in [6, 6.07) is 45.1. The van der Waals surface area contributed by atoms with Gasteiger partial charge < -0.3 is 51.0 Å². The summed E-state index contributed by atoms with van der Waals surface area (Å²) in [7, 11) is 0. The van der Waals surface area contributed by atoms with Crippen molar-refractivity contribution in [3.63, 3.8) is 0 Å². The Morgan fingerprint density at radius 2 is 0.733 bits per heavy atom. The number of aryl methyl sites for hydroxylation is 2. The Morgan fingerprint density at radius 3 is 1.09 bits per heavy atom. The number of ether oxygens (including phenoxy) is 3. The van der Waals surface area contributed by atoms with E-state index in [0.29, 0.717) is 117 Å². The van der Waals surface area contributed by atoms with E-state index in [0.717, 1.165) is 168 Å². The zero-order valence-corrected chi connectivity index (χ0v) is 88.0. The number of carbonyl (C=O) groups is 7. The second-order valence-electron chi connectivity index (χ2n) is 45.3. The van der Waals surface area contributed by atoms with Crippen LogP contribution in [-0.2, 0) is 36.4 Å². The predicted molar refractivity (Wildman–Crippen MR) is 561 cm³/mol. The maximum absolute atomic E-state index is 13.3. The quantitative estimate of drug-likeness (QED) is 0.0249. The van der Waals surface area contributed by atoms with Crippen molar-refractivity contribution in [1.29, 1.82) is 0 Å². The normalized spacial score (nSPS) is 26.5. The average Bonchev–Trinajstić information content (AvgIpc) is 1.56. The van der Waals surface area contributed by atoms with Gasteiger partial charge in [0, 0.05) is 97.0 Å². The fourth-order valence-electron chi connectivity index (χ4n) is 21.1. The van der Waals surface area contributed by atoms with Gasteiger partial charge in [0.25, 0.3) is 28.8 Å². The van der Waals surface area contributed by atoms with Gasteiger partial charge in [0.1, 0.15) is 62.7 Å². The molecule has 25 rings (SSSR count). The molecule has 4 aromatic carbocycles. The van der Waals surface area contributed by atoms with Crippen molar-refractivity contribution in [2.75, 3.05) is 57.6 Å². The number of carbonyl (C=O) groups excluding carboxylic acids is 7. The third-order valence-electron chi connectivity index (χ3n) is 30.6. The molecule has 29 nitrogen and oxygen atoms in total. The highest BCUT2D eigenvalue weighted by atomic mass is 35.5. The third-order valence-corrected chi connectivity index (χ3v) is 31.0. The molecule has 5 aliphatic heterocycles. The monoisotopic (exact) mass is 2080 g/mol. The molecule has 11 aromatic rings. The molecular weight excluding hydrogens is 1950 g/mol. The van der Waals surface area contributed by atoms with Crippen LogP contribution in [0, 0.1) is 96.9 Å². The van der Waals surface area contributed by atoms with Gasteiger partial charge in [-0.3, -0.25) is 53.8 Å². The molecule has 0 saturated heterocycles. The molecule has 0 spiro atoms. The van der Waals surface area contributed by atoms with Crippen LogP contribution >= 0.6 is 23.2 Å². The number of nitrogens with two attached hydrogens (primary N) is 1. The molecule has 9 fully saturated rings. The number of aromatic nitrogens is 9. The van der Waals surface area contributed by atoms with Crippen LogP contribution in [0.15, 0.2) is 182 Å². The fraction of sp³-hybridized carbons (Fsp3) is 0.435. The number of fused-ring (bicyclic) bond motifs is 15. The summed E-state index contributed by atoms with van der Waals surface area (Å²) in [6.45, 7) is 40.1. The van der Waals surface area contributed by atoms with Gasteiger partial charge in [-0.2, -0.15) is 0 Å². The van der Waals surface area contributed by atoms with Gasteiger partial charge in [0.05, 0.1) is 96.1 Å². The minimum Gasteiger partial charge on any atom is -0.443 e. The predicted octanol–water partition coefficient (Wildman–Crippen LogP) is 22.7. The van der Waals surface area contributed by atoms with E-state index in [-0.39, 0.29) is 76.6 Å². The van der Waals surface area contributed by atoms with Crippen molar-refractivity contribution < 1.29 is 65.3 Å². The molecule has 9 aliphatic carbocycles. The van der Waals surface area contributed by atoms with Crippen molar-refractivity contribution in [3.05, 3.63) is 307 Å². The minimum absolute atomic E-state index is 0.175. The fourth-order valence-corrected chi connectivity index (χ4v) is 21.4. The van der Waals surface area contributed by atoms with Crippen molar-refractivity contribution >= 4 is 105 Å². The lowest BCUT2D eigenvalue weighted by Crippen LogP contribution is -2.41. The van der Waals surface area contributed by atoms with Crippen LogP contribution in [0.5, 0.6) is 0 Å². The van der Waals surface area contributed by atoms with Crippen LogP contribution < -0.4 is 46.6 Å². The van der Waals surface area contributed by atoms with Crippen LogP contribution in [0.1, 0.15) is 282 Å². The first kappa shape index (κ1) is 105. The highest BCUT2D eigenvalue weighted by Gasteiger charge is 2.61. The van der Waals surface area contributed by atoms with Crippen LogP contribution in [0.4, 0.5) is 72.0 Å². The van der Waals surface area contributed by atoms with Gasteiger partial charge in [-0.25, -0.2) is 51.9 Å². The molecule has 7 aromatic heterocycles. The lowest BCUT2D eigenvalue weighted by Gasteiger charge is -2.31. The van der Waals surface area contributed by atoms with Crippen molar-refractivity contribution in [2.24, 2.45) is 59.0 Å². The molecule has 18 atom stereocenters. The Balaban J connectivity index is 0.000000114. The van der Waals surface area contributed by atoms with E-state index in [1.165, 1.54) is 103 Å². The Hall–Kier alpha value is -14.0. The SMILES string of the molecule is CC1CC1(N)c1ccc2c(n1)C1CC1CN2C(=O)OC(C)(C)C.CC1CC1(NC(=O)c1ccc(F)cc1)c1ccc2c(n1)C1CC1CN2.CC1CC1(NC(=O)c1ccc(F)cc1)c1ccc2c(n1)C1CC1CN2C(=O)OC(C)(C)C.Cc1nccc(Cl)n1.Cc1nccc(N2CC3CC3c3nc(C4(NC(=O)c5ccc(F)cc5)CC4C)ccc32)n1.O=C(Cl)c1ccc(F)cc1.[C-]#[N+]c1ccc2c(n1)C1CC1CN2C(=O)OC(C)(C)C. The van der Waals surface area contributed by atoms with E-state index in [1.807, 2.05) is 118 Å². The third kappa shape index (κ3) is 22.9. The largest absolute Gasteiger partial charge is 0.443 e. The van der Waals surface area contributed by atoms with Crippen LogP contribution in [0.2, 0.25) is 5.15 Å². The highest BCUT2D eigenvalue weighted by molar-refractivity contribution is 6.67. The topological polar surface area (TPSA) is 355 Å². The van der Waals surface area contributed by atoms with Crippen LogP contribution in [0.3, 0.4) is 0 Å². The van der Waals surface area contributed by atoms with Crippen LogP contribution in [-0.4, -0.2) is 136 Å². The van der Waals surface area contributed by atoms with E-state index in [1.54, 1.807) is 46.1 Å². The van der Waals surface area contributed by atoms with Gasteiger partial charge >= 0.3 is 18.3 Å². The second-order valence-corrected chi connectivity index (χ2v) is 46.1. The van der Waals surface area contributed by atoms with Gasteiger partial charge in [-0.05, 0) is 369 Å². The number of rotatable bonds is 12. The summed E-state index contributed by atoms with van der Waals surface area (Å²) in [4.78, 5) is 138. The van der Waals surface area contributed by atoms with Crippen molar-refractivity contribution in [2.45, 2.75) is 230 Å². The molecule has 0 bridgehead atoms. The first-order valence-electron chi connectivity index (χ1n) is 51.4. The Morgan fingerprint density at radius 1 is 0.407 bits per heavy atom. The molecule has 35 heteroatoms. The smallest absolute Gasteiger partial charge is 0.414 e. The Labute approximate surface area is 879 Å². The number of halogens is 6. The summed E-state index contributed by atoms with van der Waals surface area (Å²) in [5, 5.41) is 12.9. The molecule has 0 radical (unpaired) electrons. The summed E-state index contributed by atoms with van der Waals surface area (Å²) < 4.78 is 68.4. The number of benzene rings is 4. The lowest BCUT2D eigenvalue weighted by molar-refractivity contribution is 0.0565. The number of amides is 6. The first-order valence-corrected chi connectivity index (χ1v) is 52.1. The molecule has 6 N–H and O–H groups in total. The van der Waals surface area contributed by atoms with Crippen molar-refractivity contribution in [3.8, 4) is 0 Å². The number of nitrogens with zero attached hydrogens (tertiary/aromatic N) is 14. The van der Waals surface area contributed by atoms with Crippen LogP contribution in [0.25, 0.3) is 4.85 Å². The van der Waals surface area contributed by atoms with Gasteiger partial charge in [0.2, 0.25) is 0 Å². The summed E-state index contributed by atoms with van der Waals surface area (Å²) in [6.07, 6.45) is 11.5. The Kier molecular flexibility index (Phi) is 28.2. The number of nitrogens with one attached hydrogen (secondary N) is 4. The average molecular weight is 2080 g/mol. The van der Waals surface area contributed by atoms with Gasteiger partial charge in [0.15, 0.2) is 5.69 Å². The standard InChI is InChI=1S/C25H24FN5O.C25H28FN3O3.C20H20FN3O.C18H25N3O2.C15H17N3O2.C7H4ClFO.C5H5ClN2/c1-14-12-25(14,30-24(32)16-3-5-18(26)6-4-16)21-8-7-20-23(29-21)19-11-17(19)13-31(20)22-9-10-27-15(2)28-22;1-14-12-25(14,28-22(30)15-5-7-17(26)8-6-15)20-10-9-19-21(27-20)18-11-16(18)13-29(19)23(31)32-24(2,3)4;1-11-9-20(11,24-19(25)12-2-4-14(21)5-3-12)17-7-6-16-18(23-17)15-8-13(15)10-22-16;1-10-8-18(10,19)14-6-5-13-15(20-14)12-7-11(12)9-21(13)16(22)23-17(2,3)4;1-15(2,3)20-14(19)18-8-9-7-10(9)13-11(18)5-6-12(16-4)17-13;8-7(10)5-1-3-6(9)4-2-5;1-4-7-3-2-5(6)8-4/h3-10,14,17,19H,11-13H2,1-2H3,(H,30,32);5-10,14,16,18H,11-13H2,1-4H3,(H,28,30);2-7,11,13,15,22H,8-10H2,1H3,(H,24,25);5-6,10-12H,7-9,19H2,1-4H3;5-6,9-10H,7-8H2,1-3H3;1-4H;2-3H,1H3. The molecular formula is C115H123Cl2F4N19O10. The minimum atomic E-state index is -0.569. The van der Waals surface area contributed by atoms with E-state index in [9.17, 15) is 51.1 Å². The molecule has 12 heterocycles. The molecule has 6 amide bonds. The lowest BCUT2D eigenvalue weighted by atomic mass is 10.0. The molecule has 9 saturated carbocycles. The zero-order valence-electron chi connectivity index (χ0n) is 86.5. The molecule has 18 unspecified atom stereocenters. The van der Waals surface area contributed by atoms with Crippen molar-refractivity contribution in [1.82, 2.24) is 60.8 Å². The molecule has 150 heavy (non-hydrogen) atoms.